The molecule has 2 aromatic rings. The standard InChI is InChI=1S/C22H27FN6O3/c1-22(2,3)10-17-18(13(11-24)8-9-28(17)21(31)32)29-12-16(19(25)30)20(27-29)26-15-6-4-14(23)5-7-15/h4-7,12-13,17-18H,8-10H2,1-3H3,(H2,25,30)(H,26,27)(H,31,32)/t13-,17?,18-/m1/s1. The van der Waals surface area contributed by atoms with E-state index in [-0.39, 0.29) is 23.3 Å². The molecule has 0 spiro atoms. The van der Waals surface area contributed by atoms with Crippen LogP contribution in [-0.4, -0.2) is 44.4 Å². The zero-order chi connectivity index (χ0) is 23.6. The average Bonchev–Trinajstić information content (AvgIpc) is 3.11. The number of primary amides is 1. The summed E-state index contributed by atoms with van der Waals surface area (Å²) in [5.74, 6) is -1.48. The molecule has 9 nitrogen and oxygen atoms in total. The molecule has 0 aliphatic carbocycles. The highest BCUT2D eigenvalue weighted by molar-refractivity contribution is 5.98. The van der Waals surface area contributed by atoms with Crippen molar-refractivity contribution >= 4 is 23.5 Å². The maximum Gasteiger partial charge on any atom is 0.407 e. The number of benzene rings is 1. The van der Waals surface area contributed by atoms with E-state index in [1.807, 2.05) is 20.8 Å². The van der Waals surface area contributed by atoms with E-state index in [9.17, 15) is 24.3 Å². The van der Waals surface area contributed by atoms with Crippen molar-refractivity contribution in [1.82, 2.24) is 14.7 Å². The van der Waals surface area contributed by atoms with E-state index in [4.69, 9.17) is 5.73 Å². The molecule has 32 heavy (non-hydrogen) atoms. The predicted molar refractivity (Wildman–Crippen MR) is 116 cm³/mol. The van der Waals surface area contributed by atoms with Gasteiger partial charge in [0.15, 0.2) is 5.82 Å². The van der Waals surface area contributed by atoms with Crippen LogP contribution in [0.4, 0.5) is 20.7 Å². The van der Waals surface area contributed by atoms with Gasteiger partial charge in [0, 0.05) is 18.4 Å². The third-order valence-electron chi connectivity index (χ3n) is 5.53. The number of aromatic nitrogens is 2. The number of likely N-dealkylation sites (tertiary alicyclic amines) is 1. The van der Waals surface area contributed by atoms with Crippen LogP contribution in [0.1, 0.15) is 50.0 Å². The summed E-state index contributed by atoms with van der Waals surface area (Å²) in [4.78, 5) is 25.4. The molecule has 0 saturated carbocycles. The van der Waals surface area contributed by atoms with Crippen LogP contribution in [0.2, 0.25) is 0 Å². The first-order chi connectivity index (χ1) is 15.0. The van der Waals surface area contributed by atoms with E-state index in [1.165, 1.54) is 40.0 Å². The highest BCUT2D eigenvalue weighted by Crippen LogP contribution is 2.39. The number of hydrogen-bond donors (Lipinski definition) is 3. The molecule has 0 bridgehead atoms. The lowest BCUT2D eigenvalue weighted by Crippen LogP contribution is -2.53. The van der Waals surface area contributed by atoms with E-state index >= 15 is 0 Å². The van der Waals surface area contributed by atoms with Crippen LogP contribution in [0.3, 0.4) is 0 Å². The molecule has 2 amide bonds. The van der Waals surface area contributed by atoms with Gasteiger partial charge in [-0.25, -0.2) is 9.18 Å². The van der Waals surface area contributed by atoms with Gasteiger partial charge in [-0.3, -0.25) is 9.48 Å². The Morgan fingerprint density at radius 1 is 1.34 bits per heavy atom. The Balaban J connectivity index is 2.06. The number of carboxylic acid groups (broad SMARTS) is 1. The fraction of sp³-hybridized carbons (Fsp3) is 0.455. The number of hydrogen-bond acceptors (Lipinski definition) is 5. The van der Waals surface area contributed by atoms with Crippen LogP contribution in [0, 0.1) is 28.5 Å². The first-order valence-corrected chi connectivity index (χ1v) is 10.3. The molecule has 1 aromatic heterocycles. The fourth-order valence-electron chi connectivity index (χ4n) is 4.15. The number of nitrogens with one attached hydrogen (secondary N) is 1. The Kier molecular flexibility index (Phi) is 6.39. The smallest absolute Gasteiger partial charge is 0.407 e. The van der Waals surface area contributed by atoms with Crippen LogP contribution < -0.4 is 11.1 Å². The molecule has 1 saturated heterocycles. The third kappa shape index (κ3) is 4.99. The minimum atomic E-state index is -1.06. The summed E-state index contributed by atoms with van der Waals surface area (Å²) in [5.41, 5.74) is 5.92. The Morgan fingerprint density at radius 2 is 2.00 bits per heavy atom. The summed E-state index contributed by atoms with van der Waals surface area (Å²) in [5, 5.41) is 27.0. The quantitative estimate of drug-likeness (QED) is 0.645. The number of carbonyl (C=O) groups is 2. The number of anilines is 2. The molecule has 4 N–H and O–H groups in total. The lowest BCUT2D eigenvalue weighted by Gasteiger charge is -2.44. The number of halogens is 1. The lowest BCUT2D eigenvalue weighted by molar-refractivity contribution is 0.0421. The van der Waals surface area contributed by atoms with Gasteiger partial charge in [0.2, 0.25) is 0 Å². The van der Waals surface area contributed by atoms with Gasteiger partial charge in [0.25, 0.3) is 5.91 Å². The number of piperidine rings is 1. The minimum absolute atomic E-state index is 0.0907. The maximum absolute atomic E-state index is 13.2. The monoisotopic (exact) mass is 442 g/mol. The summed E-state index contributed by atoms with van der Waals surface area (Å²) in [6, 6.07) is 6.67. The van der Waals surface area contributed by atoms with Crippen molar-refractivity contribution in [1.29, 1.82) is 5.26 Å². The van der Waals surface area contributed by atoms with Gasteiger partial charge in [0.05, 0.1) is 24.1 Å². The van der Waals surface area contributed by atoms with Crippen molar-refractivity contribution in [3.63, 3.8) is 0 Å². The Labute approximate surface area is 185 Å². The number of rotatable bonds is 5. The van der Waals surface area contributed by atoms with Crippen LogP contribution in [0.5, 0.6) is 0 Å². The van der Waals surface area contributed by atoms with Gasteiger partial charge in [0.1, 0.15) is 11.4 Å². The van der Waals surface area contributed by atoms with E-state index in [0.717, 1.165) is 0 Å². The average molecular weight is 442 g/mol. The van der Waals surface area contributed by atoms with Crippen LogP contribution in [-0.2, 0) is 0 Å². The normalized spacial score (nSPS) is 21.1. The zero-order valence-corrected chi connectivity index (χ0v) is 18.2. The van der Waals surface area contributed by atoms with Crippen molar-refractivity contribution in [3.8, 4) is 6.07 Å². The zero-order valence-electron chi connectivity index (χ0n) is 18.2. The second kappa shape index (κ2) is 8.86. The molecule has 1 fully saturated rings. The molecule has 1 aliphatic heterocycles. The maximum atomic E-state index is 13.2. The van der Waals surface area contributed by atoms with Gasteiger partial charge in [-0.2, -0.15) is 10.4 Å². The van der Waals surface area contributed by atoms with Crippen molar-refractivity contribution < 1.29 is 19.1 Å². The molecule has 3 rings (SSSR count). The highest BCUT2D eigenvalue weighted by Gasteiger charge is 2.44. The molecule has 10 heteroatoms. The van der Waals surface area contributed by atoms with E-state index in [1.54, 1.807) is 0 Å². The van der Waals surface area contributed by atoms with Gasteiger partial charge in [-0.15, -0.1) is 0 Å². The van der Waals surface area contributed by atoms with Gasteiger partial charge in [-0.05, 0) is 42.5 Å². The molecule has 0 radical (unpaired) electrons. The van der Waals surface area contributed by atoms with Gasteiger partial charge >= 0.3 is 6.09 Å². The fourth-order valence-corrected chi connectivity index (χ4v) is 4.15. The van der Waals surface area contributed by atoms with Gasteiger partial charge in [-0.1, -0.05) is 20.8 Å². The summed E-state index contributed by atoms with van der Waals surface area (Å²) < 4.78 is 14.7. The van der Waals surface area contributed by atoms with E-state index < -0.39 is 35.8 Å². The van der Waals surface area contributed by atoms with Crippen LogP contribution in [0.15, 0.2) is 30.5 Å². The number of amides is 2. The molecular formula is C22H27FN6O3. The van der Waals surface area contributed by atoms with E-state index in [2.05, 4.69) is 16.5 Å². The van der Waals surface area contributed by atoms with Crippen molar-refractivity contribution in [2.45, 2.75) is 45.7 Å². The van der Waals surface area contributed by atoms with Crippen LogP contribution >= 0.6 is 0 Å². The second-order valence-corrected chi connectivity index (χ2v) is 9.19. The molecule has 1 unspecified atom stereocenters. The number of nitrogens with two attached hydrogens (primary N) is 1. The van der Waals surface area contributed by atoms with E-state index in [0.29, 0.717) is 18.5 Å². The second-order valence-electron chi connectivity index (χ2n) is 9.19. The number of carbonyl (C=O) groups excluding carboxylic acids is 1. The number of nitriles is 1. The summed E-state index contributed by atoms with van der Waals surface area (Å²) in [6.07, 6.45) is 1.23. The molecule has 1 aliphatic rings. The highest BCUT2D eigenvalue weighted by atomic mass is 19.1. The molecule has 3 atom stereocenters. The molecular weight excluding hydrogens is 415 g/mol. The lowest BCUT2D eigenvalue weighted by atomic mass is 9.78. The summed E-state index contributed by atoms with van der Waals surface area (Å²) in [7, 11) is 0. The Morgan fingerprint density at radius 3 is 2.53 bits per heavy atom. The third-order valence-corrected chi connectivity index (χ3v) is 5.53. The first-order valence-electron chi connectivity index (χ1n) is 10.3. The predicted octanol–water partition coefficient (Wildman–Crippen LogP) is 3.73. The summed E-state index contributed by atoms with van der Waals surface area (Å²) >= 11 is 0. The molecule has 1 aromatic carbocycles. The van der Waals surface area contributed by atoms with Crippen molar-refractivity contribution in [2.24, 2.45) is 17.1 Å². The molecule has 170 valence electrons. The largest absolute Gasteiger partial charge is 0.465 e. The number of nitrogens with zero attached hydrogens (tertiary/aromatic N) is 4. The van der Waals surface area contributed by atoms with Crippen LogP contribution in [0.25, 0.3) is 0 Å². The topological polar surface area (TPSA) is 137 Å². The summed E-state index contributed by atoms with van der Waals surface area (Å²) in [6.45, 7) is 6.24. The van der Waals surface area contributed by atoms with Crippen molar-refractivity contribution in [2.75, 3.05) is 11.9 Å². The van der Waals surface area contributed by atoms with Gasteiger partial charge < -0.3 is 21.1 Å². The SMILES string of the molecule is CC(C)(C)CC1[C@H](n2cc(C(N)=O)c(Nc3ccc(F)cc3)n2)[C@@H](C#N)CCN1C(=O)O. The minimum Gasteiger partial charge on any atom is -0.465 e. The van der Waals surface area contributed by atoms with Crippen molar-refractivity contribution in [3.05, 3.63) is 41.8 Å². The Bertz CT molecular complexity index is 1040. The Hall–Kier alpha value is -3.61. The first kappa shape index (κ1) is 23.1. The molecule has 2 heterocycles.